The van der Waals surface area contributed by atoms with Gasteiger partial charge in [-0.25, -0.2) is 4.98 Å². The van der Waals surface area contributed by atoms with Gasteiger partial charge in [-0.15, -0.1) is 11.3 Å². The summed E-state index contributed by atoms with van der Waals surface area (Å²) in [6.45, 7) is 9.07. The molecule has 0 saturated carbocycles. The number of rotatable bonds is 6. The zero-order valence-electron chi connectivity index (χ0n) is 18.5. The summed E-state index contributed by atoms with van der Waals surface area (Å²) in [7, 11) is 0. The lowest BCUT2D eigenvalue weighted by atomic mass is 9.89. The summed E-state index contributed by atoms with van der Waals surface area (Å²) >= 11 is 1.72. The molecule has 2 aliphatic rings. The van der Waals surface area contributed by atoms with Crippen LogP contribution in [0.15, 0.2) is 29.6 Å². The van der Waals surface area contributed by atoms with Gasteiger partial charge in [-0.05, 0) is 76.9 Å². The molecular formula is C25H35N3OS. The van der Waals surface area contributed by atoms with E-state index in [-0.39, 0.29) is 5.92 Å². The molecule has 0 N–H and O–H groups in total. The number of hydrogen-bond acceptors (Lipinski definition) is 4. The highest BCUT2D eigenvalue weighted by molar-refractivity contribution is 7.09. The van der Waals surface area contributed by atoms with Crippen molar-refractivity contribution in [2.45, 2.75) is 58.9 Å². The Morgan fingerprint density at radius 1 is 1.03 bits per heavy atom. The van der Waals surface area contributed by atoms with E-state index >= 15 is 0 Å². The van der Waals surface area contributed by atoms with Gasteiger partial charge in [0, 0.05) is 30.9 Å². The molecule has 0 bridgehead atoms. The van der Waals surface area contributed by atoms with Crippen LogP contribution in [0.25, 0.3) is 0 Å². The van der Waals surface area contributed by atoms with Crippen molar-refractivity contribution >= 4 is 17.2 Å². The van der Waals surface area contributed by atoms with E-state index in [4.69, 9.17) is 0 Å². The Bertz CT molecular complexity index is 815. The van der Waals surface area contributed by atoms with Crippen LogP contribution < -0.4 is 0 Å². The van der Waals surface area contributed by atoms with E-state index in [9.17, 15) is 4.79 Å². The largest absolute Gasteiger partial charge is 0.342 e. The molecule has 2 saturated heterocycles. The fourth-order valence-electron chi connectivity index (χ4n) is 4.87. The molecule has 1 amide bonds. The highest BCUT2D eigenvalue weighted by Gasteiger charge is 2.31. The highest BCUT2D eigenvalue weighted by atomic mass is 32.1. The number of aromatic nitrogens is 1. The Kier molecular flexibility index (Phi) is 7.21. The van der Waals surface area contributed by atoms with Crippen molar-refractivity contribution in [3.05, 3.63) is 51.5 Å². The third-order valence-electron chi connectivity index (χ3n) is 6.88. The molecule has 2 fully saturated rings. The van der Waals surface area contributed by atoms with Gasteiger partial charge in [-0.3, -0.25) is 9.69 Å². The van der Waals surface area contributed by atoms with Crippen LogP contribution in [0.3, 0.4) is 0 Å². The number of aryl methyl sites for hydroxylation is 3. The molecule has 3 heterocycles. The number of carbonyl (C=O) groups excluding carboxylic acids is 1. The maximum absolute atomic E-state index is 13.0. The number of amides is 1. The Labute approximate surface area is 185 Å². The van der Waals surface area contributed by atoms with E-state index in [1.807, 2.05) is 0 Å². The van der Waals surface area contributed by atoms with Crippen molar-refractivity contribution in [2.75, 3.05) is 26.2 Å². The third kappa shape index (κ3) is 5.70. The van der Waals surface area contributed by atoms with Crippen molar-refractivity contribution < 1.29 is 4.79 Å². The van der Waals surface area contributed by atoms with E-state index in [1.54, 1.807) is 11.3 Å². The lowest BCUT2D eigenvalue weighted by Gasteiger charge is -2.37. The number of thiazole rings is 1. The summed E-state index contributed by atoms with van der Waals surface area (Å²) in [5, 5.41) is 3.30. The molecule has 0 unspecified atom stereocenters. The first-order chi connectivity index (χ1) is 14.6. The Hall–Kier alpha value is -1.72. The Morgan fingerprint density at radius 2 is 1.73 bits per heavy atom. The van der Waals surface area contributed by atoms with E-state index in [0.717, 1.165) is 62.9 Å². The van der Waals surface area contributed by atoms with Gasteiger partial charge in [0.2, 0.25) is 5.91 Å². The number of piperidine rings is 2. The summed E-state index contributed by atoms with van der Waals surface area (Å²) in [4.78, 5) is 22.2. The molecule has 0 aliphatic carbocycles. The minimum atomic E-state index is 0.225. The molecule has 162 valence electrons. The molecule has 0 radical (unpaired) electrons. The van der Waals surface area contributed by atoms with Crippen LogP contribution in [0.2, 0.25) is 0 Å². The third-order valence-corrected chi connectivity index (χ3v) is 7.70. The monoisotopic (exact) mass is 425 g/mol. The van der Waals surface area contributed by atoms with Gasteiger partial charge in [0.25, 0.3) is 0 Å². The van der Waals surface area contributed by atoms with Crippen LogP contribution in [0.1, 0.15) is 53.9 Å². The van der Waals surface area contributed by atoms with Crippen LogP contribution in [0.5, 0.6) is 0 Å². The number of nitrogens with zero attached hydrogens (tertiary/aromatic N) is 3. The van der Waals surface area contributed by atoms with Crippen molar-refractivity contribution in [3.63, 3.8) is 0 Å². The molecule has 30 heavy (non-hydrogen) atoms. The van der Waals surface area contributed by atoms with Crippen LogP contribution in [-0.4, -0.2) is 46.9 Å². The Balaban J connectivity index is 1.17. The van der Waals surface area contributed by atoms with Gasteiger partial charge >= 0.3 is 0 Å². The van der Waals surface area contributed by atoms with E-state index in [1.165, 1.54) is 36.1 Å². The predicted molar refractivity (Wildman–Crippen MR) is 124 cm³/mol. The zero-order valence-corrected chi connectivity index (χ0v) is 19.3. The van der Waals surface area contributed by atoms with Crippen molar-refractivity contribution in [3.8, 4) is 0 Å². The van der Waals surface area contributed by atoms with E-state index < -0.39 is 0 Å². The second-order valence-corrected chi connectivity index (χ2v) is 10.3. The van der Waals surface area contributed by atoms with Gasteiger partial charge in [0.05, 0.1) is 10.7 Å². The molecule has 4 nitrogen and oxygen atoms in total. The number of likely N-dealkylation sites (tertiary alicyclic amines) is 2. The molecule has 0 atom stereocenters. The average Bonchev–Trinajstić information content (AvgIpc) is 3.18. The van der Waals surface area contributed by atoms with Gasteiger partial charge < -0.3 is 4.90 Å². The lowest BCUT2D eigenvalue weighted by molar-refractivity contribution is -0.138. The quantitative estimate of drug-likeness (QED) is 0.664. The first kappa shape index (κ1) is 21.5. The zero-order chi connectivity index (χ0) is 20.9. The molecule has 1 aromatic carbocycles. The molecule has 4 rings (SSSR count). The van der Waals surface area contributed by atoms with E-state index in [2.05, 4.69) is 58.3 Å². The van der Waals surface area contributed by atoms with Gasteiger partial charge in [0.15, 0.2) is 0 Å². The lowest BCUT2D eigenvalue weighted by Crippen LogP contribution is -2.45. The molecular weight excluding hydrogens is 390 g/mol. The van der Waals surface area contributed by atoms with E-state index in [0.29, 0.717) is 5.91 Å². The smallest absolute Gasteiger partial charge is 0.225 e. The van der Waals surface area contributed by atoms with Gasteiger partial charge in [0.1, 0.15) is 0 Å². The average molecular weight is 426 g/mol. The fourth-order valence-corrected chi connectivity index (χ4v) is 5.48. The summed E-state index contributed by atoms with van der Waals surface area (Å²) in [5.74, 6) is 1.40. The Morgan fingerprint density at radius 3 is 2.37 bits per heavy atom. The predicted octanol–water partition coefficient (Wildman–Crippen LogP) is 4.84. The van der Waals surface area contributed by atoms with Gasteiger partial charge in [-0.2, -0.15) is 0 Å². The van der Waals surface area contributed by atoms with Crippen LogP contribution in [0.4, 0.5) is 0 Å². The number of benzene rings is 1. The summed E-state index contributed by atoms with van der Waals surface area (Å²) in [6, 6.07) is 8.94. The molecule has 5 heteroatoms. The summed E-state index contributed by atoms with van der Waals surface area (Å²) < 4.78 is 0. The standard InChI is InChI=1S/C25H35N3OS/c1-19-3-5-21(6-4-19)7-8-22-9-15-28(16-10-22)25(29)23-11-13-27(14-12-23)17-24-18-30-20(2)26-24/h3-6,18,22-23H,7-17H2,1-2H3. The van der Waals surface area contributed by atoms with Crippen LogP contribution in [-0.2, 0) is 17.8 Å². The van der Waals surface area contributed by atoms with Gasteiger partial charge in [-0.1, -0.05) is 29.8 Å². The number of carbonyl (C=O) groups is 1. The summed E-state index contributed by atoms with van der Waals surface area (Å²) in [6.07, 6.45) is 6.74. The highest BCUT2D eigenvalue weighted by Crippen LogP contribution is 2.27. The topological polar surface area (TPSA) is 36.4 Å². The fraction of sp³-hybridized carbons (Fsp3) is 0.600. The molecule has 2 aliphatic heterocycles. The summed E-state index contributed by atoms with van der Waals surface area (Å²) in [5.41, 5.74) is 3.95. The molecule has 2 aromatic rings. The van der Waals surface area contributed by atoms with Crippen molar-refractivity contribution in [2.24, 2.45) is 11.8 Å². The maximum atomic E-state index is 13.0. The molecule has 1 aromatic heterocycles. The normalized spacial score (nSPS) is 19.3. The first-order valence-corrected chi connectivity index (χ1v) is 12.4. The molecule has 0 spiro atoms. The first-order valence-electron chi connectivity index (χ1n) is 11.5. The second-order valence-electron chi connectivity index (χ2n) is 9.20. The SMILES string of the molecule is Cc1ccc(CCC2CCN(C(=O)C3CCN(Cc4csc(C)n4)CC3)CC2)cc1. The maximum Gasteiger partial charge on any atom is 0.225 e. The van der Waals surface area contributed by atoms with Crippen LogP contribution in [0, 0.1) is 25.7 Å². The van der Waals surface area contributed by atoms with Crippen LogP contribution >= 0.6 is 11.3 Å². The second kappa shape index (κ2) is 10.1. The van der Waals surface area contributed by atoms with Crippen molar-refractivity contribution in [1.82, 2.24) is 14.8 Å². The van der Waals surface area contributed by atoms with Crippen molar-refractivity contribution in [1.29, 1.82) is 0 Å². The number of hydrogen-bond donors (Lipinski definition) is 0. The minimum absolute atomic E-state index is 0.225. The minimum Gasteiger partial charge on any atom is -0.342 e.